The molecule has 0 aliphatic carbocycles. The maximum atomic E-state index is 11.4. The maximum absolute atomic E-state index is 11.4. The number of carbonyl (C=O) groups is 1. The van der Waals surface area contributed by atoms with Gasteiger partial charge >= 0.3 is 6.03 Å². The molecular weight excluding hydrogens is 308 g/mol. The van der Waals surface area contributed by atoms with E-state index in [0.717, 1.165) is 22.6 Å². The molecule has 0 unspecified atom stereocenters. The molecule has 0 radical (unpaired) electrons. The average Bonchev–Trinajstić information content (AvgIpc) is 2.60. The summed E-state index contributed by atoms with van der Waals surface area (Å²) in [4.78, 5) is 11.4. The molecule has 3 rings (SSSR count). The molecule has 24 heavy (non-hydrogen) atoms. The molecule has 2 aromatic rings. The highest BCUT2D eigenvalue weighted by Gasteiger charge is 2.14. The Kier molecular flexibility index (Phi) is 4.67. The van der Waals surface area contributed by atoms with Gasteiger partial charge in [0.15, 0.2) is 0 Å². The second-order valence-electron chi connectivity index (χ2n) is 5.39. The summed E-state index contributed by atoms with van der Waals surface area (Å²) in [7, 11) is 1.27. The molecule has 0 atom stereocenters. The van der Waals surface area contributed by atoms with E-state index in [-0.39, 0.29) is 0 Å². The normalized spacial score (nSPS) is 12.5. The fourth-order valence-corrected chi connectivity index (χ4v) is 2.30. The van der Waals surface area contributed by atoms with Crippen LogP contribution in [0.25, 0.3) is 6.08 Å². The van der Waals surface area contributed by atoms with Crippen LogP contribution in [0.2, 0.25) is 0 Å². The van der Waals surface area contributed by atoms with Crippen molar-refractivity contribution in [3.63, 3.8) is 0 Å². The first-order chi connectivity index (χ1) is 11.6. The summed E-state index contributed by atoms with van der Waals surface area (Å²) in [5.41, 5.74) is 1.78. The first kappa shape index (κ1) is 15.9. The highest BCUT2D eigenvalue weighted by Crippen LogP contribution is 2.31. The van der Waals surface area contributed by atoms with Crippen LogP contribution in [-0.4, -0.2) is 36.5 Å². The maximum Gasteiger partial charge on any atom is 0.341 e. The van der Waals surface area contributed by atoms with Gasteiger partial charge in [0.1, 0.15) is 23.9 Å². The van der Waals surface area contributed by atoms with E-state index in [2.05, 4.69) is 5.32 Å². The lowest BCUT2D eigenvalue weighted by molar-refractivity contribution is -0.0179. The van der Waals surface area contributed by atoms with Crippen molar-refractivity contribution in [3.05, 3.63) is 59.7 Å². The molecule has 0 bridgehead atoms. The van der Waals surface area contributed by atoms with Crippen molar-refractivity contribution in [3.8, 4) is 17.2 Å². The third-order valence-corrected chi connectivity index (χ3v) is 3.49. The van der Waals surface area contributed by atoms with Gasteiger partial charge in [-0.25, -0.2) is 9.86 Å². The van der Waals surface area contributed by atoms with Crippen molar-refractivity contribution in [2.45, 2.75) is 0 Å². The van der Waals surface area contributed by atoms with Gasteiger partial charge in [0, 0.05) is 19.2 Å². The number of urea groups is 1. The van der Waals surface area contributed by atoms with Crippen LogP contribution in [0.5, 0.6) is 17.2 Å². The van der Waals surface area contributed by atoms with Crippen LogP contribution < -0.4 is 14.8 Å². The van der Waals surface area contributed by atoms with Crippen molar-refractivity contribution < 1.29 is 19.5 Å². The summed E-state index contributed by atoms with van der Waals surface area (Å²) < 4.78 is 11.5. The molecule has 0 aromatic heterocycles. The third kappa shape index (κ3) is 3.85. The molecule has 1 aliphatic heterocycles. The Morgan fingerprint density at radius 3 is 2.79 bits per heavy atom. The van der Waals surface area contributed by atoms with Crippen LogP contribution in [-0.2, 0) is 0 Å². The first-order valence-corrected chi connectivity index (χ1v) is 7.51. The fraction of sp³-hybridized carbons (Fsp3) is 0.167. The summed E-state index contributed by atoms with van der Waals surface area (Å²) in [5, 5.41) is 12.1. The quantitative estimate of drug-likeness (QED) is 0.668. The molecule has 2 aromatic carbocycles. The molecule has 0 saturated carbocycles. The third-order valence-electron chi connectivity index (χ3n) is 3.49. The molecular formula is C18H18N2O4. The molecule has 1 aliphatic rings. The number of amides is 2. The molecule has 0 saturated heterocycles. The molecule has 2 N–H and O–H groups in total. The smallest absolute Gasteiger partial charge is 0.341 e. The summed E-state index contributed by atoms with van der Waals surface area (Å²) in [6.07, 6.45) is 1.95. The largest absolute Gasteiger partial charge is 0.489 e. The number of hydroxylamine groups is 2. The number of rotatable bonds is 4. The Morgan fingerprint density at radius 1 is 1.25 bits per heavy atom. The number of para-hydroxylation sites is 1. The van der Waals surface area contributed by atoms with Crippen molar-refractivity contribution in [1.29, 1.82) is 0 Å². The number of benzene rings is 2. The van der Waals surface area contributed by atoms with Gasteiger partial charge in [0.25, 0.3) is 0 Å². The minimum atomic E-state index is -0.567. The predicted molar refractivity (Wildman–Crippen MR) is 89.4 cm³/mol. The lowest BCUT2D eigenvalue weighted by atomic mass is 10.1. The molecule has 124 valence electrons. The predicted octanol–water partition coefficient (Wildman–Crippen LogP) is 3.29. The summed E-state index contributed by atoms with van der Waals surface area (Å²) in [6, 6.07) is 14.6. The molecule has 1 heterocycles. The van der Waals surface area contributed by atoms with Gasteiger partial charge in [-0.15, -0.1) is 0 Å². The lowest BCUT2D eigenvalue weighted by Gasteiger charge is -2.19. The molecule has 2 amide bonds. The van der Waals surface area contributed by atoms with Gasteiger partial charge < -0.3 is 14.8 Å². The number of ether oxygens (including phenoxy) is 2. The molecule has 6 heteroatoms. The molecule has 6 nitrogen and oxygen atoms in total. The summed E-state index contributed by atoms with van der Waals surface area (Å²) in [6.45, 7) is 0.689. The summed E-state index contributed by atoms with van der Waals surface area (Å²) >= 11 is 0. The topological polar surface area (TPSA) is 71.0 Å². The van der Waals surface area contributed by atoms with E-state index in [1.54, 1.807) is 0 Å². The minimum Gasteiger partial charge on any atom is -0.489 e. The lowest BCUT2D eigenvalue weighted by Crippen LogP contribution is -2.36. The minimum absolute atomic E-state index is 0.299. The molecule has 0 spiro atoms. The van der Waals surface area contributed by atoms with Crippen molar-refractivity contribution in [1.82, 2.24) is 10.4 Å². The number of hydrogen-bond acceptors (Lipinski definition) is 4. The van der Waals surface area contributed by atoms with E-state index in [1.807, 2.05) is 54.6 Å². The van der Waals surface area contributed by atoms with Crippen LogP contribution in [0.1, 0.15) is 5.56 Å². The van der Waals surface area contributed by atoms with E-state index in [1.165, 1.54) is 7.05 Å². The number of fused-ring (bicyclic) bond motifs is 1. The number of carbonyl (C=O) groups excluding carboxylic acids is 1. The zero-order valence-electron chi connectivity index (χ0n) is 13.2. The van der Waals surface area contributed by atoms with Crippen LogP contribution >= 0.6 is 0 Å². The van der Waals surface area contributed by atoms with E-state index < -0.39 is 6.03 Å². The van der Waals surface area contributed by atoms with Crippen molar-refractivity contribution >= 4 is 12.1 Å². The zero-order chi connectivity index (χ0) is 16.9. The van der Waals surface area contributed by atoms with E-state index in [9.17, 15) is 4.79 Å². The average molecular weight is 326 g/mol. The van der Waals surface area contributed by atoms with Gasteiger partial charge in [0.2, 0.25) is 0 Å². The second-order valence-corrected chi connectivity index (χ2v) is 5.39. The highest BCUT2D eigenvalue weighted by atomic mass is 16.5. The van der Waals surface area contributed by atoms with E-state index >= 15 is 0 Å². The Hall–Kier alpha value is -2.99. The zero-order valence-corrected chi connectivity index (χ0v) is 13.2. The number of nitrogens with zero attached hydrogens (tertiary/aromatic N) is 1. The van der Waals surface area contributed by atoms with E-state index in [0.29, 0.717) is 24.0 Å². The number of hydrogen-bond donors (Lipinski definition) is 2. The first-order valence-electron chi connectivity index (χ1n) is 7.51. The van der Waals surface area contributed by atoms with Gasteiger partial charge in [0.05, 0.1) is 0 Å². The van der Waals surface area contributed by atoms with Crippen LogP contribution in [0, 0.1) is 0 Å². The second kappa shape index (κ2) is 7.06. The highest BCUT2D eigenvalue weighted by molar-refractivity contribution is 5.73. The van der Waals surface area contributed by atoms with Gasteiger partial charge in [-0.05, 0) is 42.0 Å². The van der Waals surface area contributed by atoms with Crippen LogP contribution in [0.4, 0.5) is 4.79 Å². The van der Waals surface area contributed by atoms with Gasteiger partial charge in [-0.2, -0.15) is 0 Å². The van der Waals surface area contributed by atoms with Crippen LogP contribution in [0.3, 0.4) is 0 Å². The van der Waals surface area contributed by atoms with Crippen molar-refractivity contribution in [2.24, 2.45) is 0 Å². The standard InChI is InChI=1S/C18H18N2O4/c1-20(22)18(21)19-11-13-9-14-10-16(7-8-17(14)23-12-13)24-15-5-3-2-4-6-15/h2-10,22H,11-12H2,1H3,(H,19,21). The Labute approximate surface area is 139 Å². The monoisotopic (exact) mass is 326 g/mol. The molecule has 0 fully saturated rings. The fourth-order valence-electron chi connectivity index (χ4n) is 2.30. The summed E-state index contributed by atoms with van der Waals surface area (Å²) in [5.74, 6) is 2.24. The Morgan fingerprint density at radius 2 is 2.04 bits per heavy atom. The van der Waals surface area contributed by atoms with Crippen LogP contribution in [0.15, 0.2) is 54.1 Å². The van der Waals surface area contributed by atoms with Gasteiger partial charge in [-0.1, -0.05) is 18.2 Å². The SMILES string of the molecule is CN(O)C(=O)NCC1=Cc2cc(Oc3ccccc3)ccc2OC1. The Bertz CT molecular complexity index is 757. The van der Waals surface area contributed by atoms with Crippen molar-refractivity contribution in [2.75, 3.05) is 20.2 Å². The van der Waals surface area contributed by atoms with E-state index in [4.69, 9.17) is 14.7 Å². The van der Waals surface area contributed by atoms with Gasteiger partial charge in [-0.3, -0.25) is 5.21 Å². The number of nitrogens with one attached hydrogen (secondary N) is 1. The Balaban J connectivity index is 1.72.